The first-order chi connectivity index (χ1) is 8.13. The Balaban J connectivity index is 2.92. The molecule has 0 saturated carbocycles. The van der Waals surface area contributed by atoms with Crippen molar-refractivity contribution in [3.8, 4) is 11.8 Å². The van der Waals surface area contributed by atoms with Gasteiger partial charge in [0.2, 0.25) is 5.91 Å². The minimum Gasteiger partial charge on any atom is -0.497 e. The molecular weight excluding hydrogens is 216 g/mol. The smallest absolute Gasteiger partial charge is 0.244 e. The summed E-state index contributed by atoms with van der Waals surface area (Å²) in [4.78, 5) is 13.5. The molecule has 90 valence electrons. The molecule has 0 aliphatic carbocycles. The predicted molar refractivity (Wildman–Crippen MR) is 65.8 cm³/mol. The molecule has 0 N–H and O–H groups in total. The number of rotatable bonds is 4. The number of nitriles is 1. The zero-order valence-electron chi connectivity index (χ0n) is 10.3. The van der Waals surface area contributed by atoms with Crippen LogP contribution in [0.2, 0.25) is 0 Å². The van der Waals surface area contributed by atoms with Crippen LogP contribution in [-0.2, 0) is 4.79 Å². The number of ether oxygens (including phenoxy) is 1. The van der Waals surface area contributed by atoms with Crippen LogP contribution in [0.3, 0.4) is 0 Å². The van der Waals surface area contributed by atoms with Crippen molar-refractivity contribution in [2.75, 3.05) is 19.1 Å². The summed E-state index contributed by atoms with van der Waals surface area (Å²) >= 11 is 0. The Labute approximate surface area is 101 Å². The molecular formula is C13H16N2O2. The van der Waals surface area contributed by atoms with Gasteiger partial charge in [-0.3, -0.25) is 4.79 Å². The number of nitrogens with zero attached hydrogens (tertiary/aromatic N) is 2. The van der Waals surface area contributed by atoms with Crippen molar-refractivity contribution in [1.82, 2.24) is 0 Å². The fourth-order valence-corrected chi connectivity index (χ4v) is 1.50. The molecule has 0 bridgehead atoms. The number of hydrogen-bond acceptors (Lipinski definition) is 3. The molecule has 0 spiro atoms. The Morgan fingerprint density at radius 3 is 2.82 bits per heavy atom. The third-order valence-corrected chi connectivity index (χ3v) is 2.63. The first-order valence-corrected chi connectivity index (χ1v) is 5.45. The summed E-state index contributed by atoms with van der Waals surface area (Å²) in [7, 11) is 3.24. The number of anilines is 1. The van der Waals surface area contributed by atoms with Crippen LogP contribution in [-0.4, -0.2) is 20.1 Å². The van der Waals surface area contributed by atoms with E-state index in [9.17, 15) is 4.79 Å². The molecule has 0 heterocycles. The van der Waals surface area contributed by atoms with Gasteiger partial charge in [-0.2, -0.15) is 5.26 Å². The maximum atomic E-state index is 12.0. The highest BCUT2D eigenvalue weighted by Gasteiger charge is 2.20. The molecule has 0 fully saturated rings. The van der Waals surface area contributed by atoms with Crippen LogP contribution < -0.4 is 9.64 Å². The molecule has 1 aromatic carbocycles. The van der Waals surface area contributed by atoms with E-state index in [0.717, 1.165) is 5.69 Å². The maximum Gasteiger partial charge on any atom is 0.244 e. The Bertz CT molecular complexity index is 437. The van der Waals surface area contributed by atoms with E-state index >= 15 is 0 Å². The number of hydrogen-bond donors (Lipinski definition) is 0. The lowest BCUT2D eigenvalue weighted by Crippen LogP contribution is -2.31. The fraction of sp³-hybridized carbons (Fsp3) is 0.385. The molecule has 1 rings (SSSR count). The van der Waals surface area contributed by atoms with Crippen LogP contribution in [0.4, 0.5) is 5.69 Å². The Morgan fingerprint density at radius 2 is 2.29 bits per heavy atom. The number of carbonyl (C=O) groups is 1. The third-order valence-electron chi connectivity index (χ3n) is 2.63. The van der Waals surface area contributed by atoms with Gasteiger partial charge in [-0.05, 0) is 18.6 Å². The second-order valence-corrected chi connectivity index (χ2v) is 3.69. The quantitative estimate of drug-likeness (QED) is 0.799. The molecule has 4 nitrogen and oxygen atoms in total. The molecule has 1 unspecified atom stereocenters. The van der Waals surface area contributed by atoms with Crippen molar-refractivity contribution in [3.05, 3.63) is 24.3 Å². The van der Waals surface area contributed by atoms with E-state index in [-0.39, 0.29) is 5.91 Å². The summed E-state index contributed by atoms with van der Waals surface area (Å²) < 4.78 is 5.09. The lowest BCUT2D eigenvalue weighted by molar-refractivity contribution is -0.120. The largest absolute Gasteiger partial charge is 0.497 e. The van der Waals surface area contributed by atoms with Crippen LogP contribution in [0.5, 0.6) is 5.75 Å². The number of methoxy groups -OCH3 is 1. The monoisotopic (exact) mass is 232 g/mol. The summed E-state index contributed by atoms with van der Waals surface area (Å²) in [6.07, 6.45) is 0.518. The van der Waals surface area contributed by atoms with E-state index < -0.39 is 5.92 Å². The van der Waals surface area contributed by atoms with Gasteiger partial charge in [0.15, 0.2) is 0 Å². The summed E-state index contributed by atoms with van der Waals surface area (Å²) in [6.45, 7) is 1.82. The molecule has 0 saturated heterocycles. The molecule has 1 atom stereocenters. The maximum absolute atomic E-state index is 12.0. The molecule has 1 aromatic rings. The van der Waals surface area contributed by atoms with Crippen LogP contribution in [0.25, 0.3) is 0 Å². The number of benzene rings is 1. The standard InChI is InChI=1S/C13H16N2O2/c1-4-10(9-14)13(16)15(2)11-6-5-7-12(8-11)17-3/h5-8,10H,4H2,1-3H3. The van der Waals surface area contributed by atoms with Crippen molar-refractivity contribution in [1.29, 1.82) is 5.26 Å². The van der Waals surface area contributed by atoms with E-state index in [2.05, 4.69) is 0 Å². The second kappa shape index (κ2) is 5.90. The Hall–Kier alpha value is -2.02. The van der Waals surface area contributed by atoms with E-state index in [4.69, 9.17) is 10.00 Å². The van der Waals surface area contributed by atoms with E-state index in [0.29, 0.717) is 12.2 Å². The van der Waals surface area contributed by atoms with Gasteiger partial charge in [0.25, 0.3) is 0 Å². The van der Waals surface area contributed by atoms with Gasteiger partial charge >= 0.3 is 0 Å². The predicted octanol–water partition coefficient (Wildman–Crippen LogP) is 2.21. The van der Waals surface area contributed by atoms with Crippen LogP contribution >= 0.6 is 0 Å². The minimum atomic E-state index is -0.591. The molecule has 4 heteroatoms. The first-order valence-electron chi connectivity index (χ1n) is 5.45. The highest BCUT2D eigenvalue weighted by Crippen LogP contribution is 2.21. The highest BCUT2D eigenvalue weighted by molar-refractivity contribution is 5.96. The van der Waals surface area contributed by atoms with Crippen LogP contribution in [0.15, 0.2) is 24.3 Å². The summed E-state index contributed by atoms with van der Waals surface area (Å²) in [5.74, 6) is -0.0957. The molecule has 1 amide bonds. The average molecular weight is 232 g/mol. The molecule has 0 radical (unpaired) electrons. The van der Waals surface area contributed by atoms with Gasteiger partial charge in [-0.1, -0.05) is 13.0 Å². The summed E-state index contributed by atoms with van der Waals surface area (Å²) in [5, 5.41) is 8.87. The van der Waals surface area contributed by atoms with Crippen molar-refractivity contribution < 1.29 is 9.53 Å². The van der Waals surface area contributed by atoms with E-state index in [1.165, 1.54) is 4.90 Å². The van der Waals surface area contributed by atoms with Gasteiger partial charge in [-0.15, -0.1) is 0 Å². The van der Waals surface area contributed by atoms with Crippen molar-refractivity contribution in [3.63, 3.8) is 0 Å². The summed E-state index contributed by atoms with van der Waals surface area (Å²) in [6, 6.07) is 9.20. The second-order valence-electron chi connectivity index (χ2n) is 3.69. The van der Waals surface area contributed by atoms with Crippen LogP contribution in [0.1, 0.15) is 13.3 Å². The van der Waals surface area contributed by atoms with Crippen LogP contribution in [0, 0.1) is 17.2 Å². The Morgan fingerprint density at radius 1 is 1.59 bits per heavy atom. The molecule has 0 aliphatic rings. The zero-order chi connectivity index (χ0) is 12.8. The van der Waals surface area contributed by atoms with Crippen molar-refractivity contribution in [2.45, 2.75) is 13.3 Å². The number of carbonyl (C=O) groups excluding carboxylic acids is 1. The third kappa shape index (κ3) is 2.97. The lowest BCUT2D eigenvalue weighted by atomic mass is 10.1. The van der Waals surface area contributed by atoms with Gasteiger partial charge in [0, 0.05) is 18.8 Å². The topological polar surface area (TPSA) is 53.3 Å². The number of amides is 1. The average Bonchev–Trinajstić information content (AvgIpc) is 2.39. The molecule has 0 aromatic heterocycles. The normalized spacial score (nSPS) is 11.4. The fourth-order valence-electron chi connectivity index (χ4n) is 1.50. The van der Waals surface area contributed by atoms with Gasteiger partial charge in [0.05, 0.1) is 13.2 Å². The lowest BCUT2D eigenvalue weighted by Gasteiger charge is -2.20. The molecule has 0 aliphatic heterocycles. The first kappa shape index (κ1) is 13.0. The Kier molecular flexibility index (Phi) is 4.53. The molecule has 17 heavy (non-hydrogen) atoms. The van der Waals surface area contributed by atoms with Gasteiger partial charge in [-0.25, -0.2) is 0 Å². The van der Waals surface area contributed by atoms with Crippen molar-refractivity contribution in [2.24, 2.45) is 5.92 Å². The van der Waals surface area contributed by atoms with Crippen molar-refractivity contribution >= 4 is 11.6 Å². The van der Waals surface area contributed by atoms with Gasteiger partial charge in [0.1, 0.15) is 11.7 Å². The minimum absolute atomic E-state index is 0.191. The summed E-state index contributed by atoms with van der Waals surface area (Å²) in [5.41, 5.74) is 0.725. The highest BCUT2D eigenvalue weighted by atomic mass is 16.5. The van der Waals surface area contributed by atoms with E-state index in [1.54, 1.807) is 20.2 Å². The van der Waals surface area contributed by atoms with Gasteiger partial charge < -0.3 is 9.64 Å². The zero-order valence-corrected chi connectivity index (χ0v) is 10.3. The van der Waals surface area contributed by atoms with E-state index in [1.807, 2.05) is 31.2 Å². The SMILES string of the molecule is CCC(C#N)C(=O)N(C)c1cccc(OC)c1.